The van der Waals surface area contributed by atoms with E-state index in [9.17, 15) is 19.2 Å². The molecule has 23 heavy (non-hydrogen) atoms. The molecule has 0 rings (SSSR count). The van der Waals surface area contributed by atoms with Gasteiger partial charge in [0, 0.05) is 11.1 Å². The Bertz CT molecular complexity index is 418. The SMILES string of the molecule is CC=C(CC)C(=O)O.CC=C(CC)C(=O)O.O=C(O)CC(=O)O. The summed E-state index contributed by atoms with van der Waals surface area (Å²) in [5.41, 5.74) is 0.954. The first-order valence-electron chi connectivity index (χ1n) is 6.77. The first-order chi connectivity index (χ1) is 10.6. The first-order valence-corrected chi connectivity index (χ1v) is 6.77. The van der Waals surface area contributed by atoms with E-state index in [0.29, 0.717) is 24.0 Å². The fourth-order valence-corrected chi connectivity index (χ4v) is 1.09. The molecule has 0 aromatic rings. The van der Waals surface area contributed by atoms with E-state index in [0.717, 1.165) is 0 Å². The van der Waals surface area contributed by atoms with Crippen molar-refractivity contribution in [2.75, 3.05) is 0 Å². The Morgan fingerprint density at radius 2 is 0.957 bits per heavy atom. The molecule has 8 nitrogen and oxygen atoms in total. The van der Waals surface area contributed by atoms with E-state index in [1.807, 2.05) is 13.8 Å². The molecule has 0 fully saturated rings. The maximum atomic E-state index is 10.1. The Balaban J connectivity index is -0.000000262. The van der Waals surface area contributed by atoms with Crippen LogP contribution in [-0.2, 0) is 19.2 Å². The third-order valence-corrected chi connectivity index (χ3v) is 2.31. The van der Waals surface area contributed by atoms with Gasteiger partial charge in [-0.2, -0.15) is 0 Å². The summed E-state index contributed by atoms with van der Waals surface area (Å²) >= 11 is 0. The van der Waals surface area contributed by atoms with Crippen molar-refractivity contribution < 1.29 is 39.6 Å². The smallest absolute Gasteiger partial charge is 0.331 e. The molecule has 0 aliphatic heterocycles. The van der Waals surface area contributed by atoms with Crippen molar-refractivity contribution in [1.82, 2.24) is 0 Å². The molecule has 0 heterocycles. The van der Waals surface area contributed by atoms with Crippen LogP contribution in [0, 0.1) is 0 Å². The van der Waals surface area contributed by atoms with Crippen molar-refractivity contribution in [2.24, 2.45) is 0 Å². The molecule has 0 amide bonds. The summed E-state index contributed by atoms with van der Waals surface area (Å²) in [7, 11) is 0. The van der Waals surface area contributed by atoms with E-state index >= 15 is 0 Å². The number of aliphatic carboxylic acids is 4. The van der Waals surface area contributed by atoms with Gasteiger partial charge < -0.3 is 20.4 Å². The number of hydrogen-bond acceptors (Lipinski definition) is 4. The maximum Gasteiger partial charge on any atom is 0.331 e. The van der Waals surface area contributed by atoms with Crippen LogP contribution in [0.2, 0.25) is 0 Å². The molecule has 0 radical (unpaired) electrons. The van der Waals surface area contributed by atoms with Gasteiger partial charge >= 0.3 is 23.9 Å². The average molecular weight is 332 g/mol. The quantitative estimate of drug-likeness (QED) is 0.428. The second-order valence-electron chi connectivity index (χ2n) is 3.91. The Morgan fingerprint density at radius 3 is 0.957 bits per heavy atom. The molecule has 0 saturated carbocycles. The fourth-order valence-electron chi connectivity index (χ4n) is 1.09. The molecular weight excluding hydrogens is 308 g/mol. The average Bonchev–Trinajstić information content (AvgIpc) is 2.40. The summed E-state index contributed by atoms with van der Waals surface area (Å²) in [6.45, 7) is 7.10. The lowest BCUT2D eigenvalue weighted by atomic mass is 10.2. The third-order valence-electron chi connectivity index (χ3n) is 2.31. The van der Waals surface area contributed by atoms with E-state index in [2.05, 4.69) is 0 Å². The number of carbonyl (C=O) groups is 4. The standard InChI is InChI=1S/2C6H10O2.C3H4O4/c2*1-3-5(4-2)6(7)8;4-2(5)1-3(6)7/h2*3H,4H2,1-2H3,(H,7,8);1H2,(H,4,5)(H,6,7). The number of allylic oxidation sites excluding steroid dienone is 2. The molecule has 0 atom stereocenters. The second kappa shape index (κ2) is 15.7. The molecule has 0 aromatic carbocycles. The Hall–Kier alpha value is -2.64. The van der Waals surface area contributed by atoms with Crippen LogP contribution in [0.15, 0.2) is 23.3 Å². The van der Waals surface area contributed by atoms with Crippen LogP contribution in [-0.4, -0.2) is 44.3 Å². The van der Waals surface area contributed by atoms with Crippen LogP contribution in [0.25, 0.3) is 0 Å². The second-order valence-corrected chi connectivity index (χ2v) is 3.91. The molecule has 4 N–H and O–H groups in total. The van der Waals surface area contributed by atoms with Crippen LogP contribution in [0.4, 0.5) is 0 Å². The van der Waals surface area contributed by atoms with Gasteiger partial charge in [0.15, 0.2) is 0 Å². The minimum Gasteiger partial charge on any atom is -0.481 e. The van der Waals surface area contributed by atoms with Crippen molar-refractivity contribution >= 4 is 23.9 Å². The van der Waals surface area contributed by atoms with Crippen LogP contribution in [0.5, 0.6) is 0 Å². The molecule has 0 bridgehead atoms. The summed E-state index contributed by atoms with van der Waals surface area (Å²) in [6.07, 6.45) is 3.63. The molecule has 0 unspecified atom stereocenters. The molecular formula is C15H24O8. The summed E-state index contributed by atoms with van der Waals surface area (Å²) in [5, 5.41) is 32.0. The fraction of sp³-hybridized carbons (Fsp3) is 0.467. The van der Waals surface area contributed by atoms with Crippen LogP contribution >= 0.6 is 0 Å². The number of carboxylic acids is 4. The van der Waals surface area contributed by atoms with Gasteiger partial charge in [-0.15, -0.1) is 0 Å². The number of carboxylic acid groups (broad SMARTS) is 4. The number of hydrogen-bond donors (Lipinski definition) is 4. The predicted molar refractivity (Wildman–Crippen MR) is 83.3 cm³/mol. The highest BCUT2D eigenvalue weighted by Gasteiger charge is 2.01. The highest BCUT2D eigenvalue weighted by Crippen LogP contribution is 1.98. The molecule has 0 aliphatic rings. The van der Waals surface area contributed by atoms with Gasteiger partial charge in [0.1, 0.15) is 6.42 Å². The highest BCUT2D eigenvalue weighted by atomic mass is 16.4. The summed E-state index contributed by atoms with van der Waals surface area (Å²) < 4.78 is 0. The van der Waals surface area contributed by atoms with Gasteiger partial charge in [-0.25, -0.2) is 9.59 Å². The Morgan fingerprint density at radius 1 is 0.696 bits per heavy atom. The van der Waals surface area contributed by atoms with Crippen molar-refractivity contribution in [3.8, 4) is 0 Å². The van der Waals surface area contributed by atoms with Crippen LogP contribution in [0.3, 0.4) is 0 Å². The Labute approximate surface area is 134 Å². The van der Waals surface area contributed by atoms with Crippen molar-refractivity contribution in [3.63, 3.8) is 0 Å². The summed E-state index contributed by atoms with van der Waals surface area (Å²) in [5.74, 6) is -4.25. The van der Waals surface area contributed by atoms with Crippen LogP contribution < -0.4 is 0 Å². The van der Waals surface area contributed by atoms with E-state index in [-0.39, 0.29) is 0 Å². The highest BCUT2D eigenvalue weighted by molar-refractivity contribution is 5.88. The molecule has 0 aliphatic carbocycles. The molecule has 132 valence electrons. The normalized spacial score (nSPS) is 10.4. The minimum absolute atomic E-state index is 0.477. The summed E-state index contributed by atoms with van der Waals surface area (Å²) in [6, 6.07) is 0. The largest absolute Gasteiger partial charge is 0.481 e. The zero-order valence-electron chi connectivity index (χ0n) is 13.7. The van der Waals surface area contributed by atoms with Gasteiger partial charge in [-0.05, 0) is 26.7 Å². The van der Waals surface area contributed by atoms with Crippen molar-refractivity contribution in [3.05, 3.63) is 23.3 Å². The lowest BCUT2D eigenvalue weighted by Gasteiger charge is -1.91. The zero-order chi connectivity index (χ0) is 19.0. The van der Waals surface area contributed by atoms with E-state index < -0.39 is 30.3 Å². The predicted octanol–water partition coefficient (Wildman–Crippen LogP) is 2.40. The molecule has 0 spiro atoms. The van der Waals surface area contributed by atoms with Crippen molar-refractivity contribution in [1.29, 1.82) is 0 Å². The molecule has 0 aromatic heterocycles. The van der Waals surface area contributed by atoms with Gasteiger partial charge in [0.25, 0.3) is 0 Å². The van der Waals surface area contributed by atoms with Crippen molar-refractivity contribution in [2.45, 2.75) is 47.0 Å². The van der Waals surface area contributed by atoms with Gasteiger partial charge in [0.2, 0.25) is 0 Å². The van der Waals surface area contributed by atoms with Gasteiger partial charge in [0.05, 0.1) is 0 Å². The summed E-state index contributed by atoms with van der Waals surface area (Å²) in [4.78, 5) is 39.0. The van der Waals surface area contributed by atoms with Gasteiger partial charge in [-0.3, -0.25) is 9.59 Å². The van der Waals surface area contributed by atoms with E-state index in [1.54, 1.807) is 26.0 Å². The lowest BCUT2D eigenvalue weighted by Crippen LogP contribution is -2.03. The maximum absolute atomic E-state index is 10.1. The van der Waals surface area contributed by atoms with E-state index in [1.165, 1.54) is 0 Å². The number of rotatable bonds is 6. The minimum atomic E-state index is -1.31. The van der Waals surface area contributed by atoms with Gasteiger partial charge in [-0.1, -0.05) is 26.0 Å². The molecule has 8 heteroatoms. The first kappa shape index (κ1) is 25.3. The van der Waals surface area contributed by atoms with Crippen LogP contribution in [0.1, 0.15) is 47.0 Å². The zero-order valence-corrected chi connectivity index (χ0v) is 13.7. The Kier molecular flexibility index (Phi) is 17.3. The monoisotopic (exact) mass is 332 g/mol. The van der Waals surface area contributed by atoms with E-state index in [4.69, 9.17) is 20.4 Å². The third kappa shape index (κ3) is 19.4. The molecule has 0 saturated heterocycles. The lowest BCUT2D eigenvalue weighted by molar-refractivity contribution is -0.147. The topological polar surface area (TPSA) is 149 Å².